The Morgan fingerprint density at radius 3 is 3.00 bits per heavy atom. The molecule has 0 saturated heterocycles. The van der Waals surface area contributed by atoms with Gasteiger partial charge in [-0.05, 0) is 0 Å². The van der Waals surface area contributed by atoms with Crippen LogP contribution in [0.1, 0.15) is 7.43 Å². The smallest absolute Gasteiger partial charge is 0.293 e. The molecule has 90 valence electrons. The third-order valence-electron chi connectivity index (χ3n) is 2.60. The average molecular weight is 252 g/mol. The van der Waals surface area contributed by atoms with Crippen LogP contribution in [-0.2, 0) is 13.8 Å². The van der Waals surface area contributed by atoms with Gasteiger partial charge >= 0.3 is 0 Å². The minimum atomic E-state index is -0.416. The van der Waals surface area contributed by atoms with Crippen molar-refractivity contribution in [2.45, 2.75) is 14.2 Å². The largest absolute Gasteiger partial charge is 0.374 e. The van der Waals surface area contributed by atoms with E-state index in [4.69, 9.17) is 5.11 Å². The second-order valence-corrected chi connectivity index (χ2v) is 4.27. The average Bonchev–Trinajstić information content (AvgIpc) is 2.84. The molecule has 0 bridgehead atoms. The molecule has 0 aliphatic heterocycles. The van der Waals surface area contributed by atoms with Crippen molar-refractivity contribution in [2.24, 2.45) is 7.05 Å². The summed E-state index contributed by atoms with van der Waals surface area (Å²) in [5.41, 5.74) is 2.74. The van der Waals surface area contributed by atoms with Crippen molar-refractivity contribution in [3.63, 3.8) is 0 Å². The van der Waals surface area contributed by atoms with Crippen molar-refractivity contribution in [3.8, 4) is 0 Å². The van der Waals surface area contributed by atoms with E-state index < -0.39 is 6.73 Å². The van der Waals surface area contributed by atoms with Gasteiger partial charge < -0.3 is 9.67 Å². The topological polar surface area (TPSA) is 72.9 Å². The van der Waals surface area contributed by atoms with E-state index in [0.717, 1.165) is 20.4 Å². The van der Waals surface area contributed by atoms with Gasteiger partial charge in [-0.3, -0.25) is 4.79 Å². The van der Waals surface area contributed by atoms with Crippen molar-refractivity contribution in [1.29, 1.82) is 0 Å². The van der Waals surface area contributed by atoms with Gasteiger partial charge in [-0.15, -0.1) is 11.3 Å². The molecule has 0 unspecified atom stereocenters. The summed E-state index contributed by atoms with van der Waals surface area (Å²) in [7, 11) is 1.79. The zero-order valence-corrected chi connectivity index (χ0v) is 9.23. The normalized spacial score (nSPS) is 10.9. The van der Waals surface area contributed by atoms with Crippen LogP contribution in [0, 0.1) is 0 Å². The predicted octanol–water partition coefficient (Wildman–Crippen LogP) is 0.931. The van der Waals surface area contributed by atoms with E-state index in [-0.39, 0.29) is 13.0 Å². The molecule has 0 aliphatic carbocycles. The molecule has 3 heterocycles. The molecule has 7 heteroatoms. The Hall–Kier alpha value is -1.73. The summed E-state index contributed by atoms with van der Waals surface area (Å²) >= 11 is 1.48. The Labute approximate surface area is 101 Å². The first-order valence-corrected chi connectivity index (χ1v) is 5.50. The van der Waals surface area contributed by atoms with Crippen molar-refractivity contribution < 1.29 is 5.11 Å². The molecule has 3 aromatic rings. The quantitative estimate of drug-likeness (QED) is 0.699. The zero-order valence-electron chi connectivity index (χ0n) is 8.41. The van der Waals surface area contributed by atoms with E-state index in [2.05, 4.69) is 10.1 Å². The fraction of sp³-hybridized carbons (Fsp3) is 0.300. The van der Waals surface area contributed by atoms with Gasteiger partial charge in [-0.1, -0.05) is 7.43 Å². The first-order valence-electron chi connectivity index (χ1n) is 4.62. The maximum atomic E-state index is 11.9. The van der Waals surface area contributed by atoms with E-state index in [0.29, 0.717) is 5.52 Å². The molecule has 17 heavy (non-hydrogen) atoms. The SMILES string of the molecule is C.Cn1c2ncsc2c2cnn(CO)c(=O)c21. The molecule has 0 radical (unpaired) electrons. The Kier molecular flexibility index (Phi) is 2.72. The van der Waals surface area contributed by atoms with Crippen molar-refractivity contribution in [3.05, 3.63) is 22.1 Å². The second kappa shape index (κ2) is 3.94. The number of aryl methyl sites for hydroxylation is 1. The summed E-state index contributed by atoms with van der Waals surface area (Å²) in [6.45, 7) is -0.416. The molecule has 0 aromatic carbocycles. The van der Waals surface area contributed by atoms with Crippen LogP contribution >= 0.6 is 11.3 Å². The fourth-order valence-electron chi connectivity index (χ4n) is 1.84. The Morgan fingerprint density at radius 2 is 2.29 bits per heavy atom. The Morgan fingerprint density at radius 1 is 1.53 bits per heavy atom. The Balaban J connectivity index is 0.00000108. The summed E-state index contributed by atoms with van der Waals surface area (Å²) in [6, 6.07) is 0. The summed E-state index contributed by atoms with van der Waals surface area (Å²) in [5.74, 6) is 0. The van der Waals surface area contributed by atoms with Crippen LogP contribution in [-0.4, -0.2) is 24.4 Å². The minimum Gasteiger partial charge on any atom is -0.374 e. The van der Waals surface area contributed by atoms with Gasteiger partial charge in [0.1, 0.15) is 12.2 Å². The highest BCUT2D eigenvalue weighted by atomic mass is 32.1. The first-order chi connectivity index (χ1) is 7.74. The lowest BCUT2D eigenvalue weighted by Crippen LogP contribution is -2.23. The number of rotatable bonds is 1. The molecular weight excluding hydrogens is 240 g/mol. The number of aromatic nitrogens is 4. The highest BCUT2D eigenvalue weighted by Crippen LogP contribution is 2.27. The molecule has 0 aliphatic rings. The highest BCUT2D eigenvalue weighted by Gasteiger charge is 2.15. The molecule has 0 saturated carbocycles. The second-order valence-electron chi connectivity index (χ2n) is 3.42. The van der Waals surface area contributed by atoms with Gasteiger partial charge in [-0.25, -0.2) is 9.67 Å². The molecule has 3 rings (SSSR count). The number of aliphatic hydroxyl groups is 1. The maximum Gasteiger partial charge on any atom is 0.293 e. The van der Waals surface area contributed by atoms with Gasteiger partial charge in [0, 0.05) is 12.4 Å². The van der Waals surface area contributed by atoms with Crippen LogP contribution in [0.5, 0.6) is 0 Å². The molecule has 0 atom stereocenters. The number of hydrogen-bond donors (Lipinski definition) is 1. The first kappa shape index (κ1) is 11.7. The summed E-state index contributed by atoms with van der Waals surface area (Å²) in [4.78, 5) is 16.1. The molecule has 0 spiro atoms. The number of aliphatic hydroxyl groups excluding tert-OH is 1. The van der Waals surface area contributed by atoms with Crippen LogP contribution in [0.3, 0.4) is 0 Å². The van der Waals surface area contributed by atoms with E-state index >= 15 is 0 Å². The van der Waals surface area contributed by atoms with Crippen LogP contribution in [0.25, 0.3) is 21.3 Å². The number of thiazole rings is 1. The molecule has 6 nitrogen and oxygen atoms in total. The van der Waals surface area contributed by atoms with Gasteiger partial charge in [0.2, 0.25) is 0 Å². The van der Waals surface area contributed by atoms with Gasteiger partial charge in [0.25, 0.3) is 5.56 Å². The molecular formula is C10H12N4O2S. The van der Waals surface area contributed by atoms with E-state index in [1.165, 1.54) is 11.3 Å². The standard InChI is InChI=1S/C9H8N4O2S.CH4/c1-12-6-5(7-8(12)10-3-16-7)2-11-13(4-14)9(6)15;/h2-3,14H,4H2,1H3;1H4. The van der Waals surface area contributed by atoms with Gasteiger partial charge in [0.15, 0.2) is 5.65 Å². The third kappa shape index (κ3) is 1.39. The molecule has 1 N–H and O–H groups in total. The fourth-order valence-corrected chi connectivity index (χ4v) is 2.67. The van der Waals surface area contributed by atoms with Gasteiger partial charge in [-0.2, -0.15) is 5.10 Å². The van der Waals surface area contributed by atoms with Crippen LogP contribution in [0.15, 0.2) is 16.5 Å². The monoisotopic (exact) mass is 252 g/mol. The van der Waals surface area contributed by atoms with Crippen LogP contribution < -0.4 is 5.56 Å². The molecule has 0 fully saturated rings. The van der Waals surface area contributed by atoms with Crippen molar-refractivity contribution >= 4 is 32.6 Å². The molecule has 3 aromatic heterocycles. The lowest BCUT2D eigenvalue weighted by Gasteiger charge is -2.00. The summed E-state index contributed by atoms with van der Waals surface area (Å²) in [6.07, 6.45) is 1.59. The highest BCUT2D eigenvalue weighted by molar-refractivity contribution is 7.17. The van der Waals surface area contributed by atoms with E-state index in [1.54, 1.807) is 23.3 Å². The lowest BCUT2D eigenvalue weighted by molar-refractivity contribution is 0.189. The zero-order chi connectivity index (χ0) is 11.3. The van der Waals surface area contributed by atoms with Crippen LogP contribution in [0.4, 0.5) is 0 Å². The van der Waals surface area contributed by atoms with Crippen molar-refractivity contribution in [1.82, 2.24) is 19.3 Å². The third-order valence-corrected chi connectivity index (χ3v) is 3.45. The number of fused-ring (bicyclic) bond motifs is 3. The van der Waals surface area contributed by atoms with Crippen LogP contribution in [0.2, 0.25) is 0 Å². The van der Waals surface area contributed by atoms with E-state index in [1.807, 2.05) is 0 Å². The number of nitrogens with zero attached hydrogens (tertiary/aromatic N) is 4. The van der Waals surface area contributed by atoms with E-state index in [9.17, 15) is 4.79 Å². The predicted molar refractivity (Wildman–Crippen MR) is 67.1 cm³/mol. The summed E-state index contributed by atoms with van der Waals surface area (Å²) < 4.78 is 3.70. The molecule has 0 amide bonds. The lowest BCUT2D eigenvalue weighted by atomic mass is 10.4. The van der Waals surface area contributed by atoms with Gasteiger partial charge in [0.05, 0.1) is 16.4 Å². The van der Waals surface area contributed by atoms with Crippen molar-refractivity contribution in [2.75, 3.05) is 0 Å². The minimum absolute atomic E-state index is 0. The maximum absolute atomic E-state index is 11.9. The Bertz CT molecular complexity index is 740. The number of hydrogen-bond acceptors (Lipinski definition) is 5. The summed E-state index contributed by atoms with van der Waals surface area (Å²) in [5, 5.41) is 13.6.